The van der Waals surface area contributed by atoms with Crippen molar-refractivity contribution in [2.75, 3.05) is 76.4 Å². The van der Waals surface area contributed by atoms with Gasteiger partial charge in [0.1, 0.15) is 35.9 Å². The van der Waals surface area contributed by atoms with E-state index < -0.39 is 181 Å². The number of halogens is 9. The number of alkyl halides is 6. The third-order valence-corrected chi connectivity index (χ3v) is 34.4. The molecule has 0 N–H and O–H groups in total. The fourth-order valence-corrected chi connectivity index (χ4v) is 28.1. The van der Waals surface area contributed by atoms with E-state index in [0.717, 1.165) is 126 Å². The molecule has 3 amide bonds. The molecule has 0 radical (unpaired) electrons. The average molecular weight is 2070 g/mol. The molecule has 3 saturated heterocycles. The van der Waals surface area contributed by atoms with Gasteiger partial charge in [0, 0.05) is 124 Å². The lowest BCUT2D eigenvalue weighted by Crippen LogP contribution is -2.66. The maximum absolute atomic E-state index is 16.1. The number of carbonyl (C=O) groups is 6. The number of carbonyl (C=O) groups excluding carboxylic acids is 6. The maximum atomic E-state index is 16.1. The van der Waals surface area contributed by atoms with Gasteiger partial charge in [-0.1, -0.05) is 138 Å². The van der Waals surface area contributed by atoms with E-state index >= 15 is 39.5 Å². The first kappa shape index (κ1) is 96.1. The van der Waals surface area contributed by atoms with Crippen molar-refractivity contribution >= 4 is 70.2 Å². The normalized spacial score (nSPS) is 21.3. The molecule has 12 aromatic rings. The Kier molecular flexibility index (Phi) is 23.2. The molecular formula is C108H94F9N9O18S3. The number of thiophene rings is 3. The number of nitrogens with zero attached hydrogens (tertiary/aromatic N) is 9. The SMILES string of the molecule is COC(=O)OCOc1c2n(ccc1=O)N(C1c3ccccc3-c3scc4c3-c3c1ccc(F)c3C(F)(F)C4)C1CC(C)(C)CCN1C2=O.COC(=O)OCOc1c2n(ccc1=O)N(C1c3ccccc3-c3scc4c3-c3c1ccc(F)c3C(F)(F)C4)C1CC3(CCCCC3)CCN1C2=O.COC(=O)OCOc1c2n(ccc1=O)N([C@@H]1c3ccccc3-c3scc4c3-c3c1ccc(F)c3C(F)(F)C4)[C@@H]1CC(C)(C)CCN1C2=O. The molecule has 0 bridgehead atoms. The summed E-state index contributed by atoms with van der Waals surface area (Å²) < 4.78 is 193. The number of aromatic nitrogens is 3. The highest BCUT2D eigenvalue weighted by molar-refractivity contribution is 7.15. The number of amides is 3. The molecule has 6 atom stereocenters. The van der Waals surface area contributed by atoms with Crippen LogP contribution >= 0.6 is 34.0 Å². The smallest absolute Gasteiger partial charge is 0.451 e. The molecule has 4 fully saturated rings. The second-order valence-electron chi connectivity index (χ2n) is 40.7. The number of hydrogen-bond donors (Lipinski definition) is 0. The Bertz CT molecular complexity index is 7480. The predicted molar refractivity (Wildman–Crippen MR) is 523 cm³/mol. The summed E-state index contributed by atoms with van der Waals surface area (Å²) in [6.45, 7) is 7.46. The quantitative estimate of drug-likeness (QED) is 0.0476. The molecule has 6 aliphatic heterocycles. The van der Waals surface area contributed by atoms with Crippen molar-refractivity contribution in [2.24, 2.45) is 16.2 Å². The number of ether oxygens (including phenoxy) is 9. The van der Waals surface area contributed by atoms with E-state index in [0.29, 0.717) is 102 Å². The Labute approximate surface area is 845 Å². The topological polar surface area (TPSA) is 271 Å². The minimum atomic E-state index is -3.46. The van der Waals surface area contributed by atoms with Crippen LogP contribution < -0.4 is 45.5 Å². The molecule has 1 saturated carbocycles. The first-order valence-corrected chi connectivity index (χ1v) is 50.9. The van der Waals surface area contributed by atoms with Gasteiger partial charge in [0.15, 0.2) is 17.1 Å². The number of methoxy groups -OCH3 is 3. The number of fused-ring (bicyclic) bond motifs is 12. The monoisotopic (exact) mass is 2070 g/mol. The zero-order valence-electron chi connectivity index (χ0n) is 80.2. The van der Waals surface area contributed by atoms with Crippen molar-refractivity contribution in [1.82, 2.24) is 28.7 Å². The van der Waals surface area contributed by atoms with Crippen LogP contribution in [-0.4, -0.2) is 145 Å². The van der Waals surface area contributed by atoms with E-state index in [1.54, 1.807) is 63.1 Å². The summed E-state index contributed by atoms with van der Waals surface area (Å²) in [4.78, 5) is 126. The molecule has 27 nitrogen and oxygen atoms in total. The summed E-state index contributed by atoms with van der Waals surface area (Å²) in [7, 11) is 3.38. The second-order valence-corrected chi connectivity index (χ2v) is 43.3. The van der Waals surface area contributed by atoms with Crippen molar-refractivity contribution in [3.63, 3.8) is 0 Å². The minimum absolute atomic E-state index is 0.0343. The van der Waals surface area contributed by atoms with E-state index in [1.165, 1.54) is 70.8 Å². The fraction of sp³-hybridized carbons (Fsp3) is 0.361. The van der Waals surface area contributed by atoms with Crippen LogP contribution in [0.2, 0.25) is 0 Å². The molecule has 12 heterocycles. The summed E-state index contributed by atoms with van der Waals surface area (Å²) in [6.07, 6.45) is 6.91. The zero-order valence-corrected chi connectivity index (χ0v) is 82.6. The number of hydrogen-bond acceptors (Lipinski definition) is 24. The van der Waals surface area contributed by atoms with Gasteiger partial charge in [-0.2, -0.15) is 0 Å². The summed E-state index contributed by atoms with van der Waals surface area (Å²) in [6, 6.07) is 32.3. The number of piperidine rings is 3. The van der Waals surface area contributed by atoms with Crippen LogP contribution in [0, 0.1) is 33.7 Å². The van der Waals surface area contributed by atoms with Crippen LogP contribution in [0.3, 0.4) is 0 Å². The van der Waals surface area contributed by atoms with Crippen LogP contribution in [0.25, 0.3) is 64.7 Å². The van der Waals surface area contributed by atoms with Gasteiger partial charge in [-0.15, -0.1) is 34.0 Å². The Balaban J connectivity index is 0.000000122. The van der Waals surface area contributed by atoms with Gasteiger partial charge in [0.25, 0.3) is 35.5 Å². The van der Waals surface area contributed by atoms with Gasteiger partial charge >= 0.3 is 18.5 Å². The van der Waals surface area contributed by atoms with Gasteiger partial charge in [-0.25, -0.2) is 53.9 Å². The maximum Gasteiger partial charge on any atom is 0.510 e. The van der Waals surface area contributed by atoms with Gasteiger partial charge in [-0.3, -0.25) is 57.8 Å². The molecule has 147 heavy (non-hydrogen) atoms. The van der Waals surface area contributed by atoms with Gasteiger partial charge in [0.2, 0.25) is 53.9 Å². The molecule has 25 rings (SSSR count). The third kappa shape index (κ3) is 15.4. The number of pyridine rings is 3. The van der Waals surface area contributed by atoms with Crippen molar-refractivity contribution in [3.8, 4) is 82.0 Å². The predicted octanol–water partition coefficient (Wildman–Crippen LogP) is 21.3. The standard InChI is InChI=1S/C38H34F3N3O6S.2C35H30F3N3O6S/c1-48-36(47)50-20-49-33-26(45)11-15-43-32(33)35(46)42-16-14-37(12-5-2-6-13-37)18-27(42)44(43)31-22-7-3-4-8-23(22)34-28-21(19-51-34)17-38(40,41)30-25(39)10-9-24(31)29(28)30;2*1-34(2)11-13-39-24(15-34)41(40-12-10-23(42)30(29(40)32(39)43)46-17-47-33(44)45-3)28-19-6-4-5-7-20(19)31-25-18(16-48-31)14-35(37,38)27-22(36)9-8-21(28)26(25)27/h3-4,7-11,15,19,27,31H,2,5-6,12-14,16-18,20H2,1H3;2*4-10,12,16,24,28H,11,13-15,17H2,1-3H3/t;24-,28-;/m.1./s1. The highest BCUT2D eigenvalue weighted by atomic mass is 32.1. The van der Waals surface area contributed by atoms with E-state index in [1.807, 2.05) is 87.8 Å². The van der Waals surface area contributed by atoms with E-state index in [9.17, 15) is 43.2 Å². The Hall–Kier alpha value is -14.3. The lowest BCUT2D eigenvalue weighted by Gasteiger charge is -2.56. The Morgan fingerprint density at radius 3 is 0.973 bits per heavy atom. The second kappa shape index (κ2) is 35.5. The van der Waals surface area contributed by atoms with Crippen molar-refractivity contribution in [2.45, 2.75) is 172 Å². The molecular weight excluding hydrogens is 1980 g/mol. The summed E-state index contributed by atoms with van der Waals surface area (Å²) in [5, 5.41) is 11.1. The molecule has 6 aromatic carbocycles. The highest BCUT2D eigenvalue weighted by Gasteiger charge is 2.59. The van der Waals surface area contributed by atoms with Crippen LogP contribution in [0.5, 0.6) is 17.2 Å². The van der Waals surface area contributed by atoms with Gasteiger partial charge in [0.05, 0.1) is 56.1 Å². The van der Waals surface area contributed by atoms with E-state index in [4.69, 9.17) is 28.4 Å². The largest absolute Gasteiger partial charge is 0.510 e. The first-order valence-electron chi connectivity index (χ1n) is 48.2. The average Bonchev–Trinajstić information content (AvgIpc) is 1.56. The lowest BCUT2D eigenvalue weighted by molar-refractivity contribution is -0.00907. The summed E-state index contributed by atoms with van der Waals surface area (Å²) in [5.41, 5.74) is 5.38. The highest BCUT2D eigenvalue weighted by Crippen LogP contribution is 2.65. The molecule has 4 unspecified atom stereocenters. The van der Waals surface area contributed by atoms with Gasteiger partial charge < -0.3 is 57.3 Å². The Morgan fingerprint density at radius 1 is 0.361 bits per heavy atom. The van der Waals surface area contributed by atoms with E-state index in [2.05, 4.69) is 41.9 Å². The van der Waals surface area contributed by atoms with Crippen LogP contribution in [0.1, 0.15) is 215 Å². The van der Waals surface area contributed by atoms with Crippen LogP contribution in [0.15, 0.2) is 177 Å². The molecule has 1 spiro atoms. The lowest BCUT2D eigenvalue weighted by atomic mass is 9.67. The minimum Gasteiger partial charge on any atom is -0.451 e. The molecule has 760 valence electrons. The summed E-state index contributed by atoms with van der Waals surface area (Å²) >= 11 is 4.07. The number of benzene rings is 6. The van der Waals surface area contributed by atoms with Crippen LogP contribution in [-0.2, 0) is 65.5 Å². The van der Waals surface area contributed by atoms with Gasteiger partial charge in [-0.05, 0) is 169 Å². The van der Waals surface area contributed by atoms with Crippen LogP contribution in [0.4, 0.5) is 53.9 Å². The number of rotatable bonds is 12. The molecule has 13 aliphatic rings. The van der Waals surface area contributed by atoms with E-state index in [-0.39, 0.29) is 67.3 Å². The Morgan fingerprint density at radius 2 is 0.660 bits per heavy atom. The molecule has 7 aliphatic carbocycles. The third-order valence-electron chi connectivity index (χ3n) is 31.2. The fourth-order valence-electron chi connectivity index (χ4n) is 24.8. The van der Waals surface area contributed by atoms with Crippen molar-refractivity contribution in [3.05, 3.63) is 294 Å². The first-order chi connectivity index (χ1) is 70.5. The van der Waals surface area contributed by atoms with Crippen molar-refractivity contribution < 1.29 is 111 Å². The molecule has 6 aromatic heterocycles. The molecule has 39 heteroatoms. The zero-order chi connectivity index (χ0) is 103. The van der Waals surface area contributed by atoms with Crippen molar-refractivity contribution in [1.29, 1.82) is 0 Å². The summed E-state index contributed by atoms with van der Waals surface area (Å²) in [5.74, 6) is -15.6.